The minimum atomic E-state index is -4.11. The van der Waals surface area contributed by atoms with Gasteiger partial charge in [0.25, 0.3) is 0 Å². The second-order valence-electron chi connectivity index (χ2n) is 3.59. The third kappa shape index (κ3) is 2.84. The Hall–Kier alpha value is -0.290. The number of piperidine rings is 1. The van der Waals surface area contributed by atoms with Gasteiger partial charge in [-0.25, -0.2) is 0 Å². The molecule has 1 fully saturated rings. The van der Waals surface area contributed by atoms with Gasteiger partial charge in [-0.2, -0.15) is 13.2 Å². The van der Waals surface area contributed by atoms with E-state index in [2.05, 4.69) is 0 Å². The van der Waals surface area contributed by atoms with Gasteiger partial charge in [0.2, 0.25) is 0 Å². The van der Waals surface area contributed by atoms with Crippen molar-refractivity contribution in [3.05, 3.63) is 0 Å². The summed E-state index contributed by atoms with van der Waals surface area (Å²) in [5, 5.41) is 0. The summed E-state index contributed by atoms with van der Waals surface area (Å²) in [5.74, 6) is 0. The van der Waals surface area contributed by atoms with Crippen molar-refractivity contribution in [2.45, 2.75) is 38.0 Å². The number of halogens is 3. The summed E-state index contributed by atoms with van der Waals surface area (Å²) in [4.78, 5) is 1.45. The molecule has 78 valence electrons. The minimum absolute atomic E-state index is 0.0803. The van der Waals surface area contributed by atoms with Crippen molar-refractivity contribution in [2.75, 3.05) is 13.1 Å². The summed E-state index contributed by atoms with van der Waals surface area (Å²) >= 11 is 0. The molecule has 0 aromatic rings. The summed E-state index contributed by atoms with van der Waals surface area (Å²) < 4.78 is 36.8. The quantitative estimate of drug-likeness (QED) is 0.686. The van der Waals surface area contributed by atoms with Gasteiger partial charge in [-0.05, 0) is 19.8 Å². The van der Waals surface area contributed by atoms with Crippen LogP contribution in [0.2, 0.25) is 0 Å². The van der Waals surface area contributed by atoms with Crippen LogP contribution in [0.1, 0.15) is 19.8 Å². The van der Waals surface area contributed by atoms with Gasteiger partial charge in [-0.15, -0.1) is 0 Å². The van der Waals surface area contributed by atoms with E-state index in [1.165, 1.54) is 11.8 Å². The Kier molecular flexibility index (Phi) is 3.18. The molecule has 0 spiro atoms. The molecule has 0 amide bonds. The topological polar surface area (TPSA) is 29.3 Å². The first-order chi connectivity index (χ1) is 5.91. The highest BCUT2D eigenvalue weighted by Gasteiger charge is 2.40. The Morgan fingerprint density at radius 3 is 2.15 bits per heavy atom. The number of nitrogens with two attached hydrogens (primary N) is 1. The molecular weight excluding hydrogens is 181 g/mol. The van der Waals surface area contributed by atoms with Crippen LogP contribution < -0.4 is 5.73 Å². The van der Waals surface area contributed by atoms with Crippen LogP contribution in [0.4, 0.5) is 13.2 Å². The zero-order valence-electron chi connectivity index (χ0n) is 7.64. The van der Waals surface area contributed by atoms with Crippen LogP contribution in [-0.2, 0) is 0 Å². The first-order valence-corrected chi connectivity index (χ1v) is 4.47. The van der Waals surface area contributed by atoms with Gasteiger partial charge in [0.1, 0.15) is 6.04 Å². The van der Waals surface area contributed by atoms with Gasteiger partial charge in [-0.3, -0.25) is 4.90 Å². The van der Waals surface area contributed by atoms with Gasteiger partial charge in [0.15, 0.2) is 0 Å². The average Bonchev–Trinajstić information content (AvgIpc) is 2.03. The van der Waals surface area contributed by atoms with Crippen molar-refractivity contribution in [1.29, 1.82) is 0 Å². The zero-order valence-corrected chi connectivity index (χ0v) is 7.64. The Morgan fingerprint density at radius 1 is 1.31 bits per heavy atom. The number of hydrogen-bond donors (Lipinski definition) is 1. The predicted octanol–water partition coefficient (Wildman–Crippen LogP) is 1.36. The molecule has 0 saturated carbocycles. The van der Waals surface area contributed by atoms with Crippen LogP contribution in [-0.4, -0.2) is 36.2 Å². The van der Waals surface area contributed by atoms with Gasteiger partial charge in [-0.1, -0.05) is 0 Å². The fourth-order valence-electron chi connectivity index (χ4n) is 1.51. The van der Waals surface area contributed by atoms with Crippen molar-refractivity contribution >= 4 is 0 Å². The molecule has 0 aliphatic carbocycles. The standard InChI is InChI=1S/C8H15F3N2/c1-6(8(9,10)11)13-4-2-7(12)3-5-13/h6-7H,2-5,12H2,1H3. The minimum Gasteiger partial charge on any atom is -0.328 e. The Bertz CT molecular complexity index is 161. The second-order valence-corrected chi connectivity index (χ2v) is 3.59. The monoisotopic (exact) mass is 196 g/mol. The molecule has 1 rings (SSSR count). The maximum atomic E-state index is 12.3. The van der Waals surface area contributed by atoms with Gasteiger partial charge < -0.3 is 5.73 Å². The first kappa shape index (κ1) is 10.8. The third-order valence-electron chi connectivity index (χ3n) is 2.60. The van der Waals surface area contributed by atoms with E-state index in [9.17, 15) is 13.2 Å². The number of nitrogens with zero attached hydrogens (tertiary/aromatic N) is 1. The van der Waals surface area contributed by atoms with Crippen molar-refractivity contribution in [3.8, 4) is 0 Å². The highest BCUT2D eigenvalue weighted by Crippen LogP contribution is 2.26. The Balaban J connectivity index is 2.45. The van der Waals surface area contributed by atoms with E-state index in [4.69, 9.17) is 5.73 Å². The largest absolute Gasteiger partial charge is 0.403 e. The van der Waals surface area contributed by atoms with E-state index >= 15 is 0 Å². The van der Waals surface area contributed by atoms with E-state index < -0.39 is 12.2 Å². The summed E-state index contributed by atoms with van der Waals surface area (Å²) in [6.07, 6.45) is -2.78. The Morgan fingerprint density at radius 2 is 1.77 bits per heavy atom. The van der Waals surface area contributed by atoms with Crippen molar-refractivity contribution < 1.29 is 13.2 Å². The SMILES string of the molecule is CC(N1CCC(N)CC1)C(F)(F)F. The lowest BCUT2D eigenvalue weighted by Gasteiger charge is -2.35. The molecule has 1 saturated heterocycles. The number of likely N-dealkylation sites (tertiary alicyclic amines) is 1. The molecule has 0 radical (unpaired) electrons. The van der Waals surface area contributed by atoms with Crippen molar-refractivity contribution in [3.63, 3.8) is 0 Å². The highest BCUT2D eigenvalue weighted by molar-refractivity contribution is 4.81. The van der Waals surface area contributed by atoms with Crippen molar-refractivity contribution in [1.82, 2.24) is 4.90 Å². The number of hydrogen-bond acceptors (Lipinski definition) is 2. The summed E-state index contributed by atoms with van der Waals surface area (Å²) in [6.45, 7) is 2.13. The maximum Gasteiger partial charge on any atom is 0.403 e. The lowest BCUT2D eigenvalue weighted by atomic mass is 10.0. The predicted molar refractivity (Wildman–Crippen MR) is 44.3 cm³/mol. The molecule has 5 heteroatoms. The molecule has 1 unspecified atom stereocenters. The summed E-state index contributed by atoms with van der Waals surface area (Å²) in [7, 11) is 0. The van der Waals surface area contributed by atoms with Gasteiger partial charge >= 0.3 is 6.18 Å². The first-order valence-electron chi connectivity index (χ1n) is 4.47. The molecule has 1 aliphatic heterocycles. The Labute approximate surface area is 75.9 Å². The summed E-state index contributed by atoms with van der Waals surface area (Å²) in [6, 6.07) is -1.25. The fraction of sp³-hybridized carbons (Fsp3) is 1.00. The van der Waals surface area contributed by atoms with E-state index in [-0.39, 0.29) is 6.04 Å². The average molecular weight is 196 g/mol. The van der Waals surface area contributed by atoms with E-state index in [0.717, 1.165) is 0 Å². The molecule has 1 atom stereocenters. The third-order valence-corrected chi connectivity index (χ3v) is 2.60. The lowest BCUT2D eigenvalue weighted by molar-refractivity contribution is -0.181. The lowest BCUT2D eigenvalue weighted by Crippen LogP contribution is -2.49. The highest BCUT2D eigenvalue weighted by atomic mass is 19.4. The molecule has 13 heavy (non-hydrogen) atoms. The molecule has 2 nitrogen and oxygen atoms in total. The van der Waals surface area contributed by atoms with Crippen LogP contribution in [0.5, 0.6) is 0 Å². The summed E-state index contributed by atoms with van der Waals surface area (Å²) in [5.41, 5.74) is 5.60. The molecule has 1 heterocycles. The molecule has 1 aliphatic rings. The molecule has 0 aromatic heterocycles. The van der Waals surface area contributed by atoms with E-state index in [0.29, 0.717) is 25.9 Å². The zero-order chi connectivity index (χ0) is 10.1. The molecule has 0 aromatic carbocycles. The second kappa shape index (κ2) is 3.84. The van der Waals surface area contributed by atoms with Crippen molar-refractivity contribution in [2.24, 2.45) is 5.73 Å². The van der Waals surface area contributed by atoms with Gasteiger partial charge in [0.05, 0.1) is 0 Å². The van der Waals surface area contributed by atoms with Crippen LogP contribution >= 0.6 is 0 Å². The molecular formula is C8H15F3N2. The maximum absolute atomic E-state index is 12.3. The fourth-order valence-corrected chi connectivity index (χ4v) is 1.51. The van der Waals surface area contributed by atoms with E-state index in [1.807, 2.05) is 0 Å². The normalized spacial score (nSPS) is 24.7. The van der Waals surface area contributed by atoms with E-state index in [1.54, 1.807) is 0 Å². The number of alkyl halides is 3. The van der Waals surface area contributed by atoms with Crippen LogP contribution in [0.25, 0.3) is 0 Å². The smallest absolute Gasteiger partial charge is 0.328 e. The van der Waals surface area contributed by atoms with Crippen LogP contribution in [0.15, 0.2) is 0 Å². The molecule has 2 N–H and O–H groups in total. The number of rotatable bonds is 1. The van der Waals surface area contributed by atoms with Crippen LogP contribution in [0.3, 0.4) is 0 Å². The molecule has 0 bridgehead atoms. The van der Waals surface area contributed by atoms with Gasteiger partial charge in [0, 0.05) is 19.1 Å². The van der Waals surface area contributed by atoms with Crippen LogP contribution in [0, 0.1) is 0 Å².